The van der Waals surface area contributed by atoms with Crippen molar-refractivity contribution in [1.29, 1.82) is 0 Å². The van der Waals surface area contributed by atoms with E-state index in [9.17, 15) is 4.79 Å². The minimum Gasteiger partial charge on any atom is -0.481 e. The lowest BCUT2D eigenvalue weighted by Crippen LogP contribution is -1.93. The topological polar surface area (TPSA) is 74.6 Å². The highest BCUT2D eigenvalue weighted by Gasteiger charge is 1.97. The summed E-state index contributed by atoms with van der Waals surface area (Å²) in [5.74, 6) is -0.653. The van der Waals surface area contributed by atoms with E-state index >= 15 is 0 Å². The zero-order chi connectivity index (χ0) is 19.6. The van der Waals surface area contributed by atoms with Crippen LogP contribution in [0.4, 0.5) is 0 Å². The predicted molar refractivity (Wildman–Crippen MR) is 110 cm³/mol. The van der Waals surface area contributed by atoms with E-state index < -0.39 is 5.97 Å². The Labute approximate surface area is 158 Å². The molecule has 4 nitrogen and oxygen atoms in total. The Morgan fingerprint density at radius 3 is 1.28 bits per heavy atom. The first kappa shape index (κ1) is 28.4. The van der Waals surface area contributed by atoms with Crippen LogP contribution in [0.15, 0.2) is 13.2 Å². The van der Waals surface area contributed by atoms with Crippen molar-refractivity contribution < 1.29 is 22.7 Å². The maximum Gasteiger partial charge on any atom is 1.00 e. The van der Waals surface area contributed by atoms with Crippen LogP contribution in [-0.2, 0) is 9.59 Å². The van der Waals surface area contributed by atoms with E-state index in [-0.39, 0.29) is 2.85 Å². The fourth-order valence-electron chi connectivity index (χ4n) is 2.65. The lowest BCUT2D eigenvalue weighted by atomic mass is 10.0. The summed E-state index contributed by atoms with van der Waals surface area (Å²) in [6, 6.07) is 0. The molecule has 0 saturated heterocycles. The minimum absolute atomic E-state index is 0. The van der Waals surface area contributed by atoms with E-state index in [1.165, 1.54) is 83.5 Å². The third-order valence-electron chi connectivity index (χ3n) is 3.99. The van der Waals surface area contributed by atoms with Crippen LogP contribution in [0, 0.1) is 0 Å². The van der Waals surface area contributed by atoms with Crippen LogP contribution in [0.3, 0.4) is 0 Å². The Balaban J connectivity index is -0.000000208. The number of unbranched alkanes of at least 4 members (excludes halogenated alkanes) is 14. The number of hydrogen-bond acceptors (Lipinski definition) is 2. The summed E-state index contributed by atoms with van der Waals surface area (Å²) in [6.45, 7) is 8.77. The molecule has 0 amide bonds. The summed E-state index contributed by atoms with van der Waals surface area (Å²) in [4.78, 5) is 18.6. The number of rotatable bonds is 16. The molecule has 0 aromatic carbocycles. The van der Waals surface area contributed by atoms with E-state index in [4.69, 9.17) is 15.0 Å². The number of carboxylic acid groups (broad SMARTS) is 1. The second-order valence-corrected chi connectivity index (χ2v) is 6.18. The van der Waals surface area contributed by atoms with Gasteiger partial charge in [0.25, 0.3) is 0 Å². The third-order valence-corrected chi connectivity index (χ3v) is 3.99. The minimum atomic E-state index is -0.653. The van der Waals surface area contributed by atoms with Gasteiger partial charge in [-0.1, -0.05) is 96.8 Å². The van der Waals surface area contributed by atoms with Crippen molar-refractivity contribution in [2.24, 2.45) is 0 Å². The summed E-state index contributed by atoms with van der Waals surface area (Å²) >= 11 is 0. The normalized spacial score (nSPS) is 9.16. The maximum atomic E-state index is 10.3. The second kappa shape index (κ2) is 30.5. The van der Waals surface area contributed by atoms with Gasteiger partial charge >= 0.3 is 13.9 Å². The summed E-state index contributed by atoms with van der Waals surface area (Å²) < 4.78 is 0. The number of aliphatic hydroxyl groups excluding tert-OH is 1. The Morgan fingerprint density at radius 1 is 0.800 bits per heavy atom. The van der Waals surface area contributed by atoms with Gasteiger partial charge in [0, 0.05) is 7.85 Å². The molecular formula is C21H44O4+2. The molecule has 0 unspecified atom stereocenters. The van der Waals surface area contributed by atoms with E-state index in [1.54, 1.807) is 0 Å². The molecule has 0 aliphatic heterocycles. The molecule has 0 saturated carbocycles. The van der Waals surface area contributed by atoms with Gasteiger partial charge in [0.15, 0.2) is 0 Å². The van der Waals surface area contributed by atoms with Crippen molar-refractivity contribution in [2.75, 3.05) is 0 Å². The second-order valence-electron chi connectivity index (χ2n) is 6.18. The summed E-state index contributed by atoms with van der Waals surface area (Å²) in [5, 5.41) is 15.3. The van der Waals surface area contributed by atoms with Gasteiger partial charge in [0.05, 0.1) is 4.79 Å². The molecule has 0 aliphatic carbocycles. The van der Waals surface area contributed by atoms with E-state index in [1.807, 2.05) is 0 Å². The first-order valence-corrected chi connectivity index (χ1v) is 9.92. The Hall–Kier alpha value is -1.41. The predicted octanol–water partition coefficient (Wildman–Crippen LogP) is 7.10. The molecule has 0 spiro atoms. The van der Waals surface area contributed by atoms with Crippen molar-refractivity contribution in [2.45, 2.75) is 110 Å². The van der Waals surface area contributed by atoms with Crippen molar-refractivity contribution >= 4 is 12.4 Å². The van der Waals surface area contributed by atoms with Gasteiger partial charge in [-0.25, -0.2) is 5.11 Å². The molecule has 0 bridgehead atoms. The summed E-state index contributed by atoms with van der Waals surface area (Å²) in [7, 11) is 0. The van der Waals surface area contributed by atoms with Gasteiger partial charge in [-0.15, -0.1) is 13.2 Å². The standard InChI is InChI=1S/C18H36O2.C2H4.CHO2.H2/c1-2-3-4-5-6-7-8-9-10-11-12-13-14-15-16-17-18(19)20;1-2;2-1-3;/h2-17H2,1H3,(H,19,20);1-2H2;(H,2,3);1H/q;;+1;/p+1. The quantitative estimate of drug-likeness (QED) is 0.175. The summed E-state index contributed by atoms with van der Waals surface area (Å²) in [6.07, 6.45) is 20.2. The van der Waals surface area contributed by atoms with Crippen LogP contribution in [0.5, 0.6) is 0 Å². The molecule has 2 N–H and O–H groups in total. The molecular weight excluding hydrogens is 316 g/mol. The number of carboxylic acids is 1. The van der Waals surface area contributed by atoms with E-state index in [0.29, 0.717) is 12.9 Å². The largest absolute Gasteiger partial charge is 1.00 e. The molecule has 4 heteroatoms. The van der Waals surface area contributed by atoms with Gasteiger partial charge in [-0.05, 0) is 6.42 Å². The van der Waals surface area contributed by atoms with Gasteiger partial charge < -0.3 is 5.11 Å². The van der Waals surface area contributed by atoms with Gasteiger partial charge in [-0.2, -0.15) is 0 Å². The van der Waals surface area contributed by atoms with Crippen LogP contribution in [0.25, 0.3) is 0 Å². The first-order valence-electron chi connectivity index (χ1n) is 9.92. The molecule has 0 aromatic rings. The Bertz CT molecular complexity index is 265. The fraction of sp³-hybridized carbons (Fsp3) is 0.810. The van der Waals surface area contributed by atoms with Gasteiger partial charge in [-0.3, -0.25) is 4.79 Å². The molecule has 25 heavy (non-hydrogen) atoms. The van der Waals surface area contributed by atoms with E-state index in [2.05, 4.69) is 20.1 Å². The highest BCUT2D eigenvalue weighted by Crippen LogP contribution is 2.13. The number of hydrogen-bond donors (Lipinski definition) is 2. The van der Waals surface area contributed by atoms with Crippen LogP contribution < -0.4 is 0 Å². The maximum absolute atomic E-state index is 10.3. The molecule has 0 heterocycles. The molecule has 0 rings (SSSR count). The molecule has 0 fully saturated rings. The summed E-state index contributed by atoms with van der Waals surface area (Å²) in [5.41, 5.74) is 0. The number of aliphatic carboxylic acids is 1. The third kappa shape index (κ3) is 39.4. The van der Waals surface area contributed by atoms with Crippen LogP contribution in [-0.4, -0.2) is 22.7 Å². The van der Waals surface area contributed by atoms with Crippen LogP contribution in [0.2, 0.25) is 0 Å². The highest BCUT2D eigenvalue weighted by atomic mass is 16.4. The zero-order valence-electron chi connectivity index (χ0n) is 17.4. The molecule has 0 aromatic heterocycles. The van der Waals surface area contributed by atoms with Crippen LogP contribution in [0.1, 0.15) is 113 Å². The molecule has 0 radical (unpaired) electrons. The van der Waals surface area contributed by atoms with Crippen LogP contribution >= 0.6 is 0 Å². The van der Waals surface area contributed by atoms with Gasteiger partial charge in [0.2, 0.25) is 0 Å². The zero-order valence-corrected chi connectivity index (χ0v) is 16.4. The lowest BCUT2D eigenvalue weighted by molar-refractivity contribution is -0.137. The van der Waals surface area contributed by atoms with Crippen molar-refractivity contribution in [3.05, 3.63) is 13.2 Å². The fourth-order valence-corrected chi connectivity index (χ4v) is 2.65. The van der Waals surface area contributed by atoms with Crippen molar-refractivity contribution in [3.63, 3.8) is 0 Å². The Morgan fingerprint density at radius 2 is 1.04 bits per heavy atom. The van der Waals surface area contributed by atoms with Gasteiger partial charge in [0.1, 0.15) is 0 Å². The van der Waals surface area contributed by atoms with E-state index in [0.717, 1.165) is 12.8 Å². The smallest absolute Gasteiger partial charge is 0.481 e. The SMILES string of the molecule is C=C.CCCCCCCCCCCCCCCCCC(=O)O.O=[C+]O.[H+].[HH]. The molecule has 0 aliphatic rings. The highest BCUT2D eigenvalue weighted by molar-refractivity contribution is 5.66. The van der Waals surface area contributed by atoms with Crippen molar-refractivity contribution in [1.82, 2.24) is 0 Å². The first-order chi connectivity index (χ1) is 12.2. The number of carbonyl (C=O) groups is 1. The monoisotopic (exact) mass is 360 g/mol. The molecule has 0 atom stereocenters. The average molecular weight is 361 g/mol. The lowest BCUT2D eigenvalue weighted by Gasteiger charge is -2.03. The van der Waals surface area contributed by atoms with Crippen molar-refractivity contribution in [3.8, 4) is 0 Å². The average Bonchev–Trinajstić information content (AvgIpc) is 2.60. The molecule has 150 valence electrons. The Kier molecular flexibility index (Phi) is 34.6.